The number of nitrogens with one attached hydrogen (secondary N) is 1. The standard InChI is InChI=1S/C17H15BrClF3N2O3S/c1-10-7-12(4-5-14(10)18)24(28(2,26)27)9-16(25)23-11-3-6-15(19)13(8-11)17(20,21)22/h3-8H,9H2,1-2H3,(H,23,25). The van der Waals surface area contributed by atoms with E-state index in [1.165, 1.54) is 12.1 Å². The predicted octanol–water partition coefficient (Wildman–Crippen LogP) is 4.83. The van der Waals surface area contributed by atoms with E-state index in [-0.39, 0.29) is 11.4 Å². The summed E-state index contributed by atoms with van der Waals surface area (Å²) >= 11 is 8.85. The first-order valence-corrected chi connectivity index (χ1v) is 10.7. The van der Waals surface area contributed by atoms with Crippen molar-refractivity contribution >= 4 is 54.8 Å². The van der Waals surface area contributed by atoms with Crippen molar-refractivity contribution in [1.82, 2.24) is 0 Å². The van der Waals surface area contributed by atoms with E-state index in [9.17, 15) is 26.4 Å². The van der Waals surface area contributed by atoms with Crippen LogP contribution in [-0.4, -0.2) is 27.1 Å². The summed E-state index contributed by atoms with van der Waals surface area (Å²) in [4.78, 5) is 12.3. The first-order valence-electron chi connectivity index (χ1n) is 7.69. The Kier molecular flexibility index (Phi) is 6.67. The normalized spacial score (nSPS) is 12.0. The van der Waals surface area contributed by atoms with Crippen molar-refractivity contribution in [3.05, 3.63) is 57.0 Å². The number of alkyl halides is 3. The topological polar surface area (TPSA) is 66.5 Å². The number of hydrogen-bond acceptors (Lipinski definition) is 3. The summed E-state index contributed by atoms with van der Waals surface area (Å²) in [5, 5.41) is 1.76. The number of carbonyl (C=O) groups is 1. The fraction of sp³-hybridized carbons (Fsp3) is 0.235. The van der Waals surface area contributed by atoms with Gasteiger partial charge < -0.3 is 5.32 Å². The van der Waals surface area contributed by atoms with Gasteiger partial charge in [0.05, 0.1) is 22.5 Å². The Morgan fingerprint density at radius 2 is 1.86 bits per heavy atom. The number of anilines is 2. The predicted molar refractivity (Wildman–Crippen MR) is 106 cm³/mol. The Morgan fingerprint density at radius 3 is 2.39 bits per heavy atom. The highest BCUT2D eigenvalue weighted by Crippen LogP contribution is 2.36. The molecular formula is C17H15BrClF3N2O3S. The molecule has 0 bridgehead atoms. The number of aryl methyl sites for hydroxylation is 1. The Bertz CT molecular complexity index is 1010. The maximum Gasteiger partial charge on any atom is 0.417 e. The van der Waals surface area contributed by atoms with Gasteiger partial charge in [-0.15, -0.1) is 0 Å². The molecule has 0 atom stereocenters. The molecule has 0 saturated carbocycles. The first kappa shape index (κ1) is 22.5. The summed E-state index contributed by atoms with van der Waals surface area (Å²) in [6.07, 6.45) is -3.76. The Balaban J connectivity index is 2.27. The molecule has 0 radical (unpaired) electrons. The van der Waals surface area contributed by atoms with Gasteiger partial charge in [-0.05, 0) is 48.9 Å². The smallest absolute Gasteiger partial charge is 0.324 e. The highest BCUT2D eigenvalue weighted by molar-refractivity contribution is 9.10. The molecule has 0 spiro atoms. The average molecular weight is 500 g/mol. The maximum atomic E-state index is 12.9. The Labute approximate surface area is 173 Å². The van der Waals surface area contributed by atoms with Crippen LogP contribution in [0.3, 0.4) is 0 Å². The SMILES string of the molecule is Cc1cc(N(CC(=O)Nc2ccc(Cl)c(C(F)(F)F)c2)S(C)(=O)=O)ccc1Br. The van der Waals surface area contributed by atoms with E-state index in [1.54, 1.807) is 19.1 Å². The Hall–Kier alpha value is -1.78. The quantitative estimate of drug-likeness (QED) is 0.641. The highest BCUT2D eigenvalue weighted by atomic mass is 79.9. The van der Waals surface area contributed by atoms with Crippen molar-refractivity contribution in [1.29, 1.82) is 0 Å². The number of rotatable bonds is 5. The second kappa shape index (κ2) is 8.30. The monoisotopic (exact) mass is 498 g/mol. The van der Waals surface area contributed by atoms with Crippen LogP contribution in [0.1, 0.15) is 11.1 Å². The minimum atomic E-state index is -4.69. The molecule has 0 saturated heterocycles. The van der Waals surface area contributed by atoms with Gasteiger partial charge in [0.25, 0.3) is 0 Å². The van der Waals surface area contributed by atoms with Gasteiger partial charge in [-0.1, -0.05) is 27.5 Å². The number of halogens is 5. The molecule has 1 N–H and O–H groups in total. The van der Waals surface area contributed by atoms with Crippen molar-refractivity contribution in [3.63, 3.8) is 0 Å². The summed E-state index contributed by atoms with van der Waals surface area (Å²) in [6.45, 7) is 1.14. The zero-order valence-corrected chi connectivity index (χ0v) is 17.8. The summed E-state index contributed by atoms with van der Waals surface area (Å²) in [5.74, 6) is -0.804. The minimum Gasteiger partial charge on any atom is -0.324 e. The third-order valence-corrected chi connectivity index (χ3v) is 6.03. The molecule has 11 heteroatoms. The summed E-state index contributed by atoms with van der Waals surface area (Å²) in [6, 6.07) is 7.61. The fourth-order valence-electron chi connectivity index (χ4n) is 2.34. The molecule has 2 aromatic rings. The van der Waals surface area contributed by atoms with Gasteiger partial charge in [0.15, 0.2) is 0 Å². The average Bonchev–Trinajstić information content (AvgIpc) is 2.55. The molecule has 0 heterocycles. The van der Waals surface area contributed by atoms with E-state index in [0.717, 1.165) is 26.7 Å². The second-order valence-corrected chi connectivity index (χ2v) is 9.11. The third-order valence-electron chi connectivity index (χ3n) is 3.67. The highest BCUT2D eigenvalue weighted by Gasteiger charge is 2.33. The van der Waals surface area contributed by atoms with Crippen LogP contribution < -0.4 is 9.62 Å². The van der Waals surface area contributed by atoms with Gasteiger partial charge in [0.1, 0.15) is 6.54 Å². The number of carbonyl (C=O) groups excluding carboxylic acids is 1. The molecule has 0 aromatic heterocycles. The van der Waals surface area contributed by atoms with Crippen LogP contribution in [0.4, 0.5) is 24.5 Å². The van der Waals surface area contributed by atoms with Gasteiger partial charge in [-0.2, -0.15) is 13.2 Å². The van der Waals surface area contributed by atoms with Crippen molar-refractivity contribution in [3.8, 4) is 0 Å². The number of sulfonamides is 1. The molecule has 1 amide bonds. The van der Waals surface area contributed by atoms with Crippen molar-refractivity contribution in [2.24, 2.45) is 0 Å². The molecule has 5 nitrogen and oxygen atoms in total. The van der Waals surface area contributed by atoms with Crippen LogP contribution in [0.15, 0.2) is 40.9 Å². The first-order chi connectivity index (χ1) is 12.8. The summed E-state index contributed by atoms with van der Waals surface area (Å²) in [7, 11) is -3.82. The van der Waals surface area contributed by atoms with Crippen molar-refractivity contribution < 1.29 is 26.4 Å². The van der Waals surface area contributed by atoms with Crippen LogP contribution in [0.5, 0.6) is 0 Å². The van der Waals surface area contributed by atoms with E-state index >= 15 is 0 Å². The zero-order chi connectivity index (χ0) is 21.3. The molecule has 0 fully saturated rings. The van der Waals surface area contributed by atoms with Gasteiger partial charge in [-0.25, -0.2) is 8.42 Å². The number of amides is 1. The molecule has 28 heavy (non-hydrogen) atoms. The van der Waals surface area contributed by atoms with Crippen LogP contribution in [0.2, 0.25) is 5.02 Å². The molecule has 0 unspecified atom stereocenters. The lowest BCUT2D eigenvalue weighted by atomic mass is 10.2. The molecule has 0 aliphatic carbocycles. The third kappa shape index (κ3) is 5.62. The summed E-state index contributed by atoms with van der Waals surface area (Å²) < 4.78 is 64.7. The molecule has 2 aromatic carbocycles. The van der Waals surface area contributed by atoms with Crippen LogP contribution >= 0.6 is 27.5 Å². The lowest BCUT2D eigenvalue weighted by molar-refractivity contribution is -0.137. The fourth-order valence-corrected chi connectivity index (χ4v) is 3.65. The van der Waals surface area contributed by atoms with Gasteiger partial charge in [-0.3, -0.25) is 9.10 Å². The van der Waals surface area contributed by atoms with Crippen molar-refractivity contribution in [2.75, 3.05) is 22.4 Å². The number of benzene rings is 2. The molecule has 0 aliphatic rings. The Morgan fingerprint density at radius 1 is 1.21 bits per heavy atom. The zero-order valence-electron chi connectivity index (χ0n) is 14.6. The largest absolute Gasteiger partial charge is 0.417 e. The van der Waals surface area contributed by atoms with Crippen LogP contribution in [0.25, 0.3) is 0 Å². The minimum absolute atomic E-state index is 0.151. The van der Waals surface area contributed by atoms with Gasteiger partial charge >= 0.3 is 6.18 Å². The van der Waals surface area contributed by atoms with E-state index in [2.05, 4.69) is 21.2 Å². The second-order valence-electron chi connectivity index (χ2n) is 5.94. The van der Waals surface area contributed by atoms with Crippen molar-refractivity contribution in [2.45, 2.75) is 13.1 Å². The van der Waals surface area contributed by atoms with E-state index < -0.39 is 39.2 Å². The molecule has 152 valence electrons. The maximum absolute atomic E-state index is 12.9. The summed E-state index contributed by atoms with van der Waals surface area (Å²) in [5.41, 5.74) is -0.248. The van der Waals surface area contributed by atoms with Crippen LogP contribution in [-0.2, 0) is 21.0 Å². The number of nitrogens with zero attached hydrogens (tertiary/aromatic N) is 1. The van der Waals surface area contributed by atoms with E-state index in [0.29, 0.717) is 6.07 Å². The molecular weight excluding hydrogens is 485 g/mol. The lowest BCUT2D eigenvalue weighted by Crippen LogP contribution is -2.37. The van der Waals surface area contributed by atoms with E-state index in [4.69, 9.17) is 11.6 Å². The number of hydrogen-bond donors (Lipinski definition) is 1. The van der Waals surface area contributed by atoms with Crippen LogP contribution in [0, 0.1) is 6.92 Å². The molecule has 2 rings (SSSR count). The van der Waals surface area contributed by atoms with Gasteiger partial charge in [0.2, 0.25) is 15.9 Å². The van der Waals surface area contributed by atoms with Gasteiger partial charge in [0, 0.05) is 10.2 Å². The van der Waals surface area contributed by atoms with E-state index in [1.807, 2.05) is 0 Å². The molecule has 0 aliphatic heterocycles. The lowest BCUT2D eigenvalue weighted by Gasteiger charge is -2.22.